The third kappa shape index (κ3) is 4.44. The molecule has 6 nitrogen and oxygen atoms in total. The van der Waals surface area contributed by atoms with Crippen molar-refractivity contribution in [1.29, 1.82) is 0 Å². The Balaban J connectivity index is 1.97. The van der Waals surface area contributed by atoms with Gasteiger partial charge in [0.1, 0.15) is 6.10 Å². The van der Waals surface area contributed by atoms with Crippen LogP contribution in [0, 0.1) is 10.1 Å². The lowest BCUT2D eigenvalue weighted by Gasteiger charge is -2.34. The van der Waals surface area contributed by atoms with E-state index in [1.807, 2.05) is 20.8 Å². The van der Waals surface area contributed by atoms with Crippen LogP contribution >= 0.6 is 0 Å². The predicted octanol–water partition coefficient (Wildman–Crippen LogP) is 3.54. The van der Waals surface area contributed by atoms with Crippen molar-refractivity contribution >= 4 is 11.8 Å². The summed E-state index contributed by atoms with van der Waals surface area (Å²) in [5.74, 6) is 0. The van der Waals surface area contributed by atoms with Crippen LogP contribution in [0.2, 0.25) is 0 Å². The Morgan fingerprint density at radius 1 is 1.32 bits per heavy atom. The highest BCUT2D eigenvalue weighted by atomic mass is 16.6. The van der Waals surface area contributed by atoms with Gasteiger partial charge in [-0.15, -0.1) is 0 Å². The molecular formula is C16H22N2O4. The molecule has 1 fully saturated rings. The molecule has 0 unspecified atom stereocenters. The van der Waals surface area contributed by atoms with Crippen molar-refractivity contribution < 1.29 is 14.5 Å². The molecular weight excluding hydrogens is 284 g/mol. The standard InChI is InChI=1S/C16H22N2O4/c1-16(2,3)17(15(19)22-14-8-9-14)11-10-12-4-6-13(7-5-12)18(20)21/h4-7,14H,8-11H2,1-3H3. The summed E-state index contributed by atoms with van der Waals surface area (Å²) in [7, 11) is 0. The number of carbonyl (C=O) groups is 1. The minimum atomic E-state index is -0.418. The van der Waals surface area contributed by atoms with Gasteiger partial charge in [0, 0.05) is 24.2 Å². The maximum Gasteiger partial charge on any atom is 0.410 e. The minimum Gasteiger partial charge on any atom is -0.446 e. The number of hydrogen-bond donors (Lipinski definition) is 0. The van der Waals surface area contributed by atoms with E-state index in [1.165, 1.54) is 12.1 Å². The Morgan fingerprint density at radius 3 is 2.36 bits per heavy atom. The van der Waals surface area contributed by atoms with Crippen molar-refractivity contribution in [1.82, 2.24) is 4.90 Å². The largest absolute Gasteiger partial charge is 0.446 e. The lowest BCUT2D eigenvalue weighted by Crippen LogP contribution is -2.47. The molecule has 1 aliphatic carbocycles. The topological polar surface area (TPSA) is 72.7 Å². The van der Waals surface area contributed by atoms with Gasteiger partial charge >= 0.3 is 6.09 Å². The van der Waals surface area contributed by atoms with Gasteiger partial charge in [0.2, 0.25) is 0 Å². The number of nitro groups is 1. The molecule has 1 aromatic rings. The van der Waals surface area contributed by atoms with Crippen LogP contribution < -0.4 is 0 Å². The molecule has 1 aliphatic rings. The number of rotatable bonds is 5. The van der Waals surface area contributed by atoms with Crippen LogP contribution in [0.1, 0.15) is 39.2 Å². The normalized spacial score (nSPS) is 14.5. The summed E-state index contributed by atoms with van der Waals surface area (Å²) in [6.07, 6.45) is 2.33. The fourth-order valence-corrected chi connectivity index (χ4v) is 2.12. The Morgan fingerprint density at radius 2 is 1.91 bits per heavy atom. The summed E-state index contributed by atoms with van der Waals surface area (Å²) < 4.78 is 5.39. The summed E-state index contributed by atoms with van der Waals surface area (Å²) in [4.78, 5) is 24.2. The SMILES string of the molecule is CC(C)(C)N(CCc1ccc([N+](=O)[O-])cc1)C(=O)OC1CC1. The third-order valence-electron chi connectivity index (χ3n) is 3.59. The minimum absolute atomic E-state index is 0.0737. The highest BCUT2D eigenvalue weighted by Crippen LogP contribution is 2.26. The van der Waals surface area contributed by atoms with Crippen LogP contribution in [0.25, 0.3) is 0 Å². The first-order chi connectivity index (χ1) is 10.3. The van der Waals surface area contributed by atoms with Gasteiger partial charge < -0.3 is 9.64 Å². The first kappa shape index (κ1) is 16.3. The van der Waals surface area contributed by atoms with Crippen LogP contribution in [-0.4, -0.2) is 34.1 Å². The monoisotopic (exact) mass is 306 g/mol. The summed E-state index contributed by atoms with van der Waals surface area (Å²) in [6.45, 7) is 6.43. The van der Waals surface area contributed by atoms with E-state index in [4.69, 9.17) is 4.74 Å². The van der Waals surface area contributed by atoms with E-state index in [-0.39, 0.29) is 23.4 Å². The number of amides is 1. The first-order valence-electron chi connectivity index (χ1n) is 7.49. The van der Waals surface area contributed by atoms with E-state index < -0.39 is 4.92 Å². The smallest absolute Gasteiger partial charge is 0.410 e. The number of carbonyl (C=O) groups excluding carboxylic acids is 1. The van der Waals surface area contributed by atoms with E-state index in [1.54, 1.807) is 17.0 Å². The van der Waals surface area contributed by atoms with Crippen molar-refractivity contribution in [3.63, 3.8) is 0 Å². The lowest BCUT2D eigenvalue weighted by molar-refractivity contribution is -0.384. The van der Waals surface area contributed by atoms with E-state index >= 15 is 0 Å². The average Bonchev–Trinajstić information content (AvgIpc) is 3.21. The van der Waals surface area contributed by atoms with Gasteiger partial charge in [0.15, 0.2) is 0 Å². The van der Waals surface area contributed by atoms with Crippen molar-refractivity contribution in [2.24, 2.45) is 0 Å². The van der Waals surface area contributed by atoms with Crippen molar-refractivity contribution in [3.8, 4) is 0 Å². The maximum absolute atomic E-state index is 12.2. The molecule has 0 radical (unpaired) electrons. The molecule has 2 rings (SSSR count). The predicted molar refractivity (Wildman–Crippen MR) is 82.8 cm³/mol. The summed E-state index contributed by atoms with van der Waals surface area (Å²) in [6, 6.07) is 6.43. The van der Waals surface area contributed by atoms with Gasteiger partial charge in [-0.2, -0.15) is 0 Å². The van der Waals surface area contributed by atoms with Crippen LogP contribution in [0.3, 0.4) is 0 Å². The number of nitro benzene ring substituents is 1. The number of non-ortho nitro benzene ring substituents is 1. The van der Waals surface area contributed by atoms with E-state index in [9.17, 15) is 14.9 Å². The van der Waals surface area contributed by atoms with Crippen molar-refractivity contribution in [3.05, 3.63) is 39.9 Å². The molecule has 0 spiro atoms. The second-order valence-electron chi connectivity index (χ2n) is 6.58. The molecule has 6 heteroatoms. The molecule has 0 N–H and O–H groups in total. The van der Waals surface area contributed by atoms with E-state index in [0.29, 0.717) is 13.0 Å². The molecule has 0 aromatic heterocycles. The van der Waals surface area contributed by atoms with Crippen LogP contribution in [0.15, 0.2) is 24.3 Å². The van der Waals surface area contributed by atoms with Crippen LogP contribution in [-0.2, 0) is 11.2 Å². The number of hydrogen-bond acceptors (Lipinski definition) is 4. The van der Waals surface area contributed by atoms with Crippen LogP contribution in [0.5, 0.6) is 0 Å². The molecule has 1 saturated carbocycles. The highest BCUT2D eigenvalue weighted by molar-refractivity contribution is 5.69. The fourth-order valence-electron chi connectivity index (χ4n) is 2.12. The summed E-state index contributed by atoms with van der Waals surface area (Å²) in [5, 5.41) is 10.6. The molecule has 0 heterocycles. The highest BCUT2D eigenvalue weighted by Gasteiger charge is 2.33. The van der Waals surface area contributed by atoms with E-state index in [0.717, 1.165) is 18.4 Å². The van der Waals surface area contributed by atoms with E-state index in [2.05, 4.69) is 0 Å². The van der Waals surface area contributed by atoms with Crippen molar-refractivity contribution in [2.45, 2.75) is 51.7 Å². The first-order valence-corrected chi connectivity index (χ1v) is 7.49. The van der Waals surface area contributed by atoms with Gasteiger partial charge in [0.25, 0.3) is 5.69 Å². The number of ether oxygens (including phenoxy) is 1. The second-order valence-corrected chi connectivity index (χ2v) is 6.58. The third-order valence-corrected chi connectivity index (χ3v) is 3.59. The molecule has 1 amide bonds. The summed E-state index contributed by atoms with van der Waals surface area (Å²) >= 11 is 0. The zero-order chi connectivity index (χ0) is 16.3. The Hall–Kier alpha value is -2.11. The molecule has 0 saturated heterocycles. The molecule has 120 valence electrons. The van der Waals surface area contributed by atoms with Gasteiger partial charge in [0.05, 0.1) is 4.92 Å². The molecule has 1 aromatic carbocycles. The molecule has 22 heavy (non-hydrogen) atoms. The molecule has 0 aliphatic heterocycles. The second kappa shape index (κ2) is 6.34. The lowest BCUT2D eigenvalue weighted by atomic mass is 10.0. The zero-order valence-electron chi connectivity index (χ0n) is 13.2. The molecule has 0 atom stereocenters. The Labute approximate surface area is 130 Å². The van der Waals surface area contributed by atoms with Crippen molar-refractivity contribution in [2.75, 3.05) is 6.54 Å². The molecule has 0 bridgehead atoms. The van der Waals surface area contributed by atoms with Gasteiger partial charge in [-0.05, 0) is 45.6 Å². The van der Waals surface area contributed by atoms with Crippen LogP contribution in [0.4, 0.5) is 10.5 Å². The maximum atomic E-state index is 12.2. The zero-order valence-corrected chi connectivity index (χ0v) is 13.2. The van der Waals surface area contributed by atoms with Gasteiger partial charge in [-0.3, -0.25) is 10.1 Å². The average molecular weight is 306 g/mol. The van der Waals surface area contributed by atoms with Gasteiger partial charge in [-0.1, -0.05) is 12.1 Å². The fraction of sp³-hybridized carbons (Fsp3) is 0.562. The van der Waals surface area contributed by atoms with Gasteiger partial charge in [-0.25, -0.2) is 4.79 Å². The Bertz CT molecular complexity index is 544. The number of nitrogens with zero attached hydrogens (tertiary/aromatic N) is 2. The number of benzene rings is 1. The summed E-state index contributed by atoms with van der Waals surface area (Å²) in [5.41, 5.74) is 0.705. The Kier molecular flexibility index (Phi) is 4.68. The quantitative estimate of drug-likeness (QED) is 0.616.